The third kappa shape index (κ3) is 11.1. The summed E-state index contributed by atoms with van der Waals surface area (Å²) in [5.41, 5.74) is 18.6. The summed E-state index contributed by atoms with van der Waals surface area (Å²) in [7, 11) is 0. The van der Waals surface area contributed by atoms with Gasteiger partial charge in [0, 0.05) is 30.6 Å². The first-order valence-electron chi connectivity index (χ1n) is 19.4. The Balaban J connectivity index is 1.30. The molecular weight excluding hydrogens is 748 g/mol. The molecular formula is C35H66N4O17. The summed E-state index contributed by atoms with van der Waals surface area (Å²) < 4.78 is 41.2. The average molecular weight is 815 g/mol. The van der Waals surface area contributed by atoms with Gasteiger partial charge in [-0.15, -0.1) is 0 Å². The van der Waals surface area contributed by atoms with Crippen molar-refractivity contribution < 1.29 is 83.9 Å². The van der Waals surface area contributed by atoms with E-state index in [-0.39, 0.29) is 52.2 Å². The zero-order valence-corrected chi connectivity index (χ0v) is 32.1. The lowest BCUT2D eigenvalue weighted by Gasteiger charge is -2.46. The molecule has 0 spiro atoms. The Morgan fingerprint density at radius 1 is 0.500 bits per heavy atom. The summed E-state index contributed by atoms with van der Waals surface area (Å²) in [6.45, 7) is 0.0414. The standard InChI is InChI=1S/C35H66N4O17/c1-3-16-20(4-40)54-25(29(37)32(16)46)12-50-9-18-22(6-42)55-26(30(38)34(18)48)13-51-11-19-23(7-43)56-27(31(35(19)49)39-15(2)45)14-52-10-17-21(5-41)53-24(8-44)28(36)33(17)47/h16-35,40-44,46-49H,3-14,36-38H2,1-2H3,(H,39,45)/t16-,17-,18-,19-,20?,21?,22-,23?,24+,25+,26+,27+,28?,29?,30?,31?,32?,33?,34?,35?/m1/s1. The number of aliphatic hydroxyl groups excluding tert-OH is 9. The molecule has 0 aromatic rings. The minimum Gasteiger partial charge on any atom is -0.394 e. The number of aliphatic hydroxyl groups is 9. The van der Waals surface area contributed by atoms with Gasteiger partial charge in [0.2, 0.25) is 5.91 Å². The minimum absolute atomic E-state index is 0.0537. The number of amides is 1. The lowest BCUT2D eigenvalue weighted by Crippen LogP contribution is -2.64. The molecule has 4 rings (SSSR count). The molecule has 4 aliphatic heterocycles. The van der Waals surface area contributed by atoms with Crippen LogP contribution in [0.2, 0.25) is 0 Å². The van der Waals surface area contributed by atoms with Crippen molar-refractivity contribution in [2.75, 3.05) is 72.7 Å². The zero-order valence-electron chi connectivity index (χ0n) is 32.1. The van der Waals surface area contributed by atoms with Crippen LogP contribution in [0.1, 0.15) is 20.3 Å². The van der Waals surface area contributed by atoms with Crippen molar-refractivity contribution in [1.82, 2.24) is 5.32 Å². The van der Waals surface area contributed by atoms with E-state index in [1.165, 1.54) is 6.92 Å². The van der Waals surface area contributed by atoms with Gasteiger partial charge in [-0.2, -0.15) is 0 Å². The van der Waals surface area contributed by atoms with Gasteiger partial charge in [-0.3, -0.25) is 4.79 Å². The first kappa shape index (κ1) is 47.4. The van der Waals surface area contributed by atoms with Gasteiger partial charge in [-0.05, 0) is 6.42 Å². The first-order chi connectivity index (χ1) is 26.8. The van der Waals surface area contributed by atoms with Crippen molar-refractivity contribution in [2.24, 2.45) is 40.9 Å². The number of nitrogens with two attached hydrogens (primary N) is 3. The number of hydrogen-bond acceptors (Lipinski definition) is 20. The van der Waals surface area contributed by atoms with Crippen LogP contribution in [0, 0.1) is 23.7 Å². The van der Waals surface area contributed by atoms with Crippen molar-refractivity contribution in [1.29, 1.82) is 0 Å². The third-order valence-electron chi connectivity index (χ3n) is 11.8. The fourth-order valence-electron chi connectivity index (χ4n) is 8.36. The number of carbonyl (C=O) groups is 1. The van der Waals surface area contributed by atoms with Crippen molar-refractivity contribution >= 4 is 5.91 Å². The van der Waals surface area contributed by atoms with Gasteiger partial charge in [-0.1, -0.05) is 6.92 Å². The second-order valence-corrected chi connectivity index (χ2v) is 15.4. The van der Waals surface area contributed by atoms with Crippen LogP contribution in [0.15, 0.2) is 0 Å². The van der Waals surface area contributed by atoms with E-state index in [0.29, 0.717) is 6.42 Å². The Labute approximate surface area is 326 Å². The van der Waals surface area contributed by atoms with E-state index in [9.17, 15) is 50.8 Å². The third-order valence-corrected chi connectivity index (χ3v) is 11.8. The molecule has 4 aliphatic rings. The van der Waals surface area contributed by atoms with Gasteiger partial charge in [-0.25, -0.2) is 0 Å². The monoisotopic (exact) mass is 814 g/mol. The summed E-state index contributed by atoms with van der Waals surface area (Å²) in [6, 6.07) is -3.70. The van der Waals surface area contributed by atoms with Crippen molar-refractivity contribution in [3.05, 3.63) is 0 Å². The van der Waals surface area contributed by atoms with E-state index >= 15 is 0 Å². The fourth-order valence-corrected chi connectivity index (χ4v) is 8.36. The maximum atomic E-state index is 12.2. The highest BCUT2D eigenvalue weighted by atomic mass is 16.6. The molecule has 4 saturated heterocycles. The molecule has 0 aliphatic carbocycles. The molecule has 4 heterocycles. The Hall–Kier alpha value is -1.29. The highest BCUT2D eigenvalue weighted by molar-refractivity contribution is 5.73. The van der Waals surface area contributed by atoms with Gasteiger partial charge in [0.1, 0.15) is 6.10 Å². The Bertz CT molecular complexity index is 1160. The second kappa shape index (κ2) is 22.4. The van der Waals surface area contributed by atoms with Crippen LogP contribution < -0.4 is 22.5 Å². The van der Waals surface area contributed by atoms with Gasteiger partial charge >= 0.3 is 0 Å². The van der Waals surface area contributed by atoms with E-state index in [4.69, 9.17) is 50.4 Å². The normalized spacial score (nSPS) is 44.8. The number of ether oxygens (including phenoxy) is 7. The quantitative estimate of drug-likeness (QED) is 0.0576. The predicted octanol–water partition coefficient (Wildman–Crippen LogP) is -7.13. The topological polar surface area (TPSA) is 354 Å². The first-order valence-corrected chi connectivity index (χ1v) is 19.4. The summed E-state index contributed by atoms with van der Waals surface area (Å²) in [6.07, 6.45) is -10.8. The van der Waals surface area contributed by atoms with Crippen LogP contribution in [0.5, 0.6) is 0 Å². The molecule has 4 fully saturated rings. The molecule has 11 unspecified atom stereocenters. The van der Waals surface area contributed by atoms with Crippen molar-refractivity contribution in [3.8, 4) is 0 Å². The van der Waals surface area contributed by atoms with E-state index in [2.05, 4.69) is 5.32 Å². The SMILES string of the molecule is CC[C@@H]1C(CO)O[C@@H](COC[C@H]2C(O)C(N)[C@H](COC[C@@H]3C(CO)O[C@@H](COC[C@@H]4C(CO)O[C@@H](CO)C(N)C4O)C(NC(C)=O)C3O)O[C@@H]2CO)C(N)C1O. The Morgan fingerprint density at radius 3 is 1.21 bits per heavy atom. The van der Waals surface area contributed by atoms with E-state index < -0.39 is 148 Å². The Morgan fingerprint density at radius 2 is 0.821 bits per heavy atom. The van der Waals surface area contributed by atoms with E-state index in [1.54, 1.807) is 0 Å². The highest BCUT2D eigenvalue weighted by Gasteiger charge is 2.49. The fraction of sp³-hybridized carbons (Fsp3) is 0.971. The summed E-state index contributed by atoms with van der Waals surface area (Å²) in [4.78, 5) is 12.2. The van der Waals surface area contributed by atoms with Gasteiger partial charge < -0.3 is 102 Å². The smallest absolute Gasteiger partial charge is 0.217 e. The van der Waals surface area contributed by atoms with Crippen molar-refractivity contribution in [3.63, 3.8) is 0 Å². The van der Waals surface area contributed by atoms with Crippen LogP contribution in [0.3, 0.4) is 0 Å². The highest BCUT2D eigenvalue weighted by Crippen LogP contribution is 2.32. The van der Waals surface area contributed by atoms with E-state index in [0.717, 1.165) is 0 Å². The molecule has 1 amide bonds. The lowest BCUT2D eigenvalue weighted by atomic mass is 9.84. The lowest BCUT2D eigenvalue weighted by molar-refractivity contribution is -0.215. The summed E-state index contributed by atoms with van der Waals surface area (Å²) in [5.74, 6) is -3.19. The molecule has 56 heavy (non-hydrogen) atoms. The molecule has 20 atom stereocenters. The van der Waals surface area contributed by atoms with E-state index in [1.807, 2.05) is 6.92 Å². The maximum Gasteiger partial charge on any atom is 0.217 e. The zero-order chi connectivity index (χ0) is 41.3. The van der Waals surface area contributed by atoms with Crippen LogP contribution in [-0.2, 0) is 38.0 Å². The van der Waals surface area contributed by atoms with Gasteiger partial charge in [0.25, 0.3) is 0 Å². The van der Waals surface area contributed by atoms with Crippen LogP contribution in [0.4, 0.5) is 0 Å². The van der Waals surface area contributed by atoms with Gasteiger partial charge in [0.15, 0.2) is 0 Å². The number of hydrogen-bond donors (Lipinski definition) is 13. The number of carbonyl (C=O) groups excluding carboxylic acids is 1. The Kier molecular flexibility index (Phi) is 18.9. The molecule has 0 bridgehead atoms. The van der Waals surface area contributed by atoms with Crippen LogP contribution in [-0.4, -0.2) is 222 Å². The molecule has 0 aromatic heterocycles. The van der Waals surface area contributed by atoms with Crippen LogP contribution >= 0.6 is 0 Å². The molecule has 21 heteroatoms. The molecule has 0 saturated carbocycles. The van der Waals surface area contributed by atoms with Crippen molar-refractivity contribution in [2.45, 2.75) is 118 Å². The molecule has 16 N–H and O–H groups in total. The summed E-state index contributed by atoms with van der Waals surface area (Å²) in [5, 5.41) is 96.1. The second-order valence-electron chi connectivity index (χ2n) is 15.4. The molecule has 21 nitrogen and oxygen atoms in total. The minimum atomic E-state index is -1.30. The number of nitrogens with one attached hydrogen (secondary N) is 1. The van der Waals surface area contributed by atoms with Crippen LogP contribution in [0.25, 0.3) is 0 Å². The summed E-state index contributed by atoms with van der Waals surface area (Å²) >= 11 is 0. The molecule has 0 aromatic carbocycles. The molecule has 328 valence electrons. The average Bonchev–Trinajstić information content (AvgIpc) is 3.18. The van der Waals surface area contributed by atoms with Gasteiger partial charge in [0.05, 0.1) is 164 Å². The largest absolute Gasteiger partial charge is 0.394 e. The molecule has 0 radical (unpaired) electrons. The number of rotatable bonds is 19. The maximum absolute atomic E-state index is 12.2. The predicted molar refractivity (Wildman–Crippen MR) is 192 cm³/mol.